The van der Waals surface area contributed by atoms with Crippen LogP contribution in [0.3, 0.4) is 0 Å². The summed E-state index contributed by atoms with van der Waals surface area (Å²) in [5.74, 6) is -3.52. The van der Waals surface area contributed by atoms with Crippen molar-refractivity contribution in [2.75, 3.05) is 19.7 Å². The van der Waals surface area contributed by atoms with Gasteiger partial charge in [0.15, 0.2) is 0 Å². The minimum atomic E-state index is -1.37. The Morgan fingerprint density at radius 3 is 2.60 bits per heavy atom. The van der Waals surface area contributed by atoms with Crippen LogP contribution in [-0.2, 0) is 35.2 Å². The van der Waals surface area contributed by atoms with Crippen LogP contribution < -0.4 is 5.32 Å². The molecule has 0 unspecified atom stereocenters. The minimum Gasteiger partial charge on any atom is -0.460 e. The maximum absolute atomic E-state index is 14.7. The highest BCUT2D eigenvalue weighted by Gasteiger charge is 2.74. The average Bonchev–Trinajstić information content (AvgIpc) is 3.63. The number of hydrogen-bond donors (Lipinski definition) is 2. The Balaban J connectivity index is 1.60. The molecule has 0 radical (unpaired) electrons. The van der Waals surface area contributed by atoms with Crippen LogP contribution in [0.2, 0.25) is 0 Å². The number of nitrogens with zero attached hydrogens (tertiary/aromatic N) is 2. The van der Waals surface area contributed by atoms with E-state index in [-0.39, 0.29) is 50.4 Å². The second kappa shape index (κ2) is 12.4. The maximum Gasteiger partial charge on any atom is 0.313 e. The molecule has 10 heteroatoms. The van der Waals surface area contributed by atoms with E-state index < -0.39 is 53.6 Å². The van der Waals surface area contributed by atoms with Gasteiger partial charge in [-0.3, -0.25) is 19.2 Å². The van der Waals surface area contributed by atoms with Gasteiger partial charge in [-0.25, -0.2) is 0 Å². The lowest BCUT2D eigenvalue weighted by atomic mass is 9.74. The summed E-state index contributed by atoms with van der Waals surface area (Å²) in [6, 6.07) is 7.86. The van der Waals surface area contributed by atoms with Crippen LogP contribution in [0.1, 0.15) is 45.6 Å². The number of fused-ring (bicyclic) bond motifs is 2. The van der Waals surface area contributed by atoms with E-state index in [0.717, 1.165) is 5.56 Å². The third kappa shape index (κ3) is 5.38. The topological polar surface area (TPSA) is 125 Å². The number of ether oxygens (including phenoxy) is 2. The number of rotatable bonds is 6. The van der Waals surface area contributed by atoms with Crippen LogP contribution in [0.15, 0.2) is 54.6 Å². The molecule has 5 bridgehead atoms. The molecule has 1 spiro atoms. The minimum absolute atomic E-state index is 0.111. The number of allylic oxidation sites excluding steroid dienone is 1. The van der Waals surface area contributed by atoms with E-state index in [2.05, 4.69) is 5.32 Å². The monoisotopic (exact) mass is 579 g/mol. The first-order valence-corrected chi connectivity index (χ1v) is 15.0. The Bertz CT molecular complexity index is 1250. The number of esters is 1. The summed E-state index contributed by atoms with van der Waals surface area (Å²) < 4.78 is 12.2. The Morgan fingerprint density at radius 1 is 1.12 bits per heavy atom. The summed E-state index contributed by atoms with van der Waals surface area (Å²) in [5.41, 5.74) is -0.453. The lowest BCUT2D eigenvalue weighted by Crippen LogP contribution is -2.59. The van der Waals surface area contributed by atoms with Gasteiger partial charge in [0.2, 0.25) is 17.7 Å². The first-order valence-electron chi connectivity index (χ1n) is 15.0. The molecule has 4 heterocycles. The zero-order valence-corrected chi connectivity index (χ0v) is 24.5. The SMILES string of the molecule is CC[C@H](C)[C@H](CO)N1C(=O)[C@H]2[C@@H]3C(=O)O[C@H](C)CNC(=O)CC/C=C\CN(Cc4ccccc4)C(=O)[C@H]1[C@@]21C=C[C@@H]3O1. The Morgan fingerprint density at radius 2 is 1.88 bits per heavy atom. The van der Waals surface area contributed by atoms with Crippen LogP contribution in [0.4, 0.5) is 0 Å². The molecule has 1 aromatic carbocycles. The van der Waals surface area contributed by atoms with Gasteiger partial charge in [-0.1, -0.05) is 74.9 Å². The molecule has 2 N–H and O–H groups in total. The van der Waals surface area contributed by atoms with Crippen molar-refractivity contribution in [1.82, 2.24) is 15.1 Å². The predicted octanol–water partition coefficient (Wildman–Crippen LogP) is 1.97. The van der Waals surface area contributed by atoms with Crippen LogP contribution in [0.5, 0.6) is 0 Å². The van der Waals surface area contributed by atoms with Crippen molar-refractivity contribution in [2.24, 2.45) is 17.8 Å². The summed E-state index contributed by atoms with van der Waals surface area (Å²) in [6.07, 6.45) is 7.32. The quantitative estimate of drug-likeness (QED) is 0.390. The standard InChI is InChI=1S/C32H41N3O7/c1-4-20(2)23(19-36)35-28-30(39)34(18-22-11-7-5-8-12-22)16-10-6-9-13-25(37)33-17-21(3)41-31(40)26-24-14-15-32(28,42-24)27(26)29(35)38/h5-8,10-12,14-15,20-21,23-24,26-28,36H,4,9,13,16-19H2,1-3H3,(H,33,37)/b10-6-/t20-,21+,23-,24-,26+,27+,28-,32+/m0/s1. The van der Waals surface area contributed by atoms with Crippen molar-refractivity contribution in [2.45, 2.75) is 76.5 Å². The van der Waals surface area contributed by atoms with Gasteiger partial charge in [-0.2, -0.15) is 0 Å². The lowest BCUT2D eigenvalue weighted by molar-refractivity contribution is -0.159. The van der Waals surface area contributed by atoms with Crippen molar-refractivity contribution in [3.63, 3.8) is 0 Å². The summed E-state index contributed by atoms with van der Waals surface area (Å²) in [7, 11) is 0. The van der Waals surface area contributed by atoms with Crippen molar-refractivity contribution in [3.8, 4) is 0 Å². The fourth-order valence-electron chi connectivity index (χ4n) is 6.74. The molecular weight excluding hydrogens is 538 g/mol. The molecule has 0 aliphatic carbocycles. The van der Waals surface area contributed by atoms with Crippen molar-refractivity contribution < 1.29 is 33.8 Å². The number of aliphatic hydroxyl groups is 1. The highest BCUT2D eigenvalue weighted by atomic mass is 16.6. The first-order chi connectivity index (χ1) is 20.2. The van der Waals surface area contributed by atoms with Gasteiger partial charge in [0, 0.05) is 19.5 Å². The maximum atomic E-state index is 14.7. The molecule has 5 rings (SSSR count). The van der Waals surface area contributed by atoms with Gasteiger partial charge in [-0.15, -0.1) is 0 Å². The van der Waals surface area contributed by atoms with Crippen LogP contribution >= 0.6 is 0 Å². The number of carbonyl (C=O) groups excluding carboxylic acids is 4. The van der Waals surface area contributed by atoms with E-state index in [0.29, 0.717) is 12.8 Å². The van der Waals surface area contributed by atoms with E-state index in [9.17, 15) is 24.3 Å². The third-order valence-electron chi connectivity index (χ3n) is 9.13. The summed E-state index contributed by atoms with van der Waals surface area (Å²) in [6.45, 7) is 5.95. The van der Waals surface area contributed by atoms with E-state index in [1.807, 2.05) is 56.3 Å². The number of likely N-dealkylation sites (tertiary alicyclic amines) is 1. The predicted molar refractivity (Wildman–Crippen MR) is 153 cm³/mol. The highest BCUT2D eigenvalue weighted by Crippen LogP contribution is 2.56. The van der Waals surface area contributed by atoms with Gasteiger partial charge in [0.05, 0.1) is 31.2 Å². The van der Waals surface area contributed by atoms with Gasteiger partial charge in [-0.05, 0) is 24.8 Å². The highest BCUT2D eigenvalue weighted by molar-refractivity contribution is 5.99. The van der Waals surface area contributed by atoms with Gasteiger partial charge in [0.25, 0.3) is 0 Å². The summed E-state index contributed by atoms with van der Waals surface area (Å²) in [4.78, 5) is 58.2. The fourth-order valence-corrected chi connectivity index (χ4v) is 6.74. The molecule has 8 atom stereocenters. The molecule has 10 nitrogen and oxygen atoms in total. The first kappa shape index (κ1) is 30.0. The zero-order chi connectivity index (χ0) is 30.0. The molecule has 226 valence electrons. The number of aliphatic hydroxyl groups excluding tert-OH is 1. The van der Waals surface area contributed by atoms with E-state index >= 15 is 0 Å². The molecule has 3 amide bonds. The van der Waals surface area contributed by atoms with Gasteiger partial charge < -0.3 is 29.7 Å². The normalized spacial score (nSPS) is 33.8. The van der Waals surface area contributed by atoms with Crippen molar-refractivity contribution in [3.05, 3.63) is 60.2 Å². The smallest absolute Gasteiger partial charge is 0.313 e. The molecule has 4 aliphatic heterocycles. The number of amides is 3. The molecule has 1 aromatic rings. The zero-order valence-electron chi connectivity index (χ0n) is 24.5. The molecule has 0 saturated carbocycles. The van der Waals surface area contributed by atoms with E-state index in [1.54, 1.807) is 24.0 Å². The van der Waals surface area contributed by atoms with Crippen LogP contribution in [0.25, 0.3) is 0 Å². The van der Waals surface area contributed by atoms with Gasteiger partial charge >= 0.3 is 5.97 Å². The van der Waals surface area contributed by atoms with Crippen LogP contribution in [-0.4, -0.2) is 88.2 Å². The number of carbonyl (C=O) groups is 4. The summed E-state index contributed by atoms with van der Waals surface area (Å²) >= 11 is 0. The second-order valence-corrected chi connectivity index (χ2v) is 11.8. The third-order valence-corrected chi connectivity index (χ3v) is 9.13. The average molecular weight is 580 g/mol. The molecule has 4 aliphatic rings. The molecule has 0 aromatic heterocycles. The molecule has 2 saturated heterocycles. The molecule has 42 heavy (non-hydrogen) atoms. The molecule has 2 fully saturated rings. The van der Waals surface area contributed by atoms with Crippen LogP contribution in [0, 0.1) is 17.8 Å². The Labute approximate surface area is 246 Å². The van der Waals surface area contributed by atoms with E-state index in [4.69, 9.17) is 9.47 Å². The largest absolute Gasteiger partial charge is 0.460 e. The number of cyclic esters (lactones) is 1. The fraction of sp³-hybridized carbons (Fsp3) is 0.562. The number of nitrogens with one attached hydrogen (secondary N) is 1. The molecular formula is C32H41N3O7. The van der Waals surface area contributed by atoms with Crippen molar-refractivity contribution >= 4 is 23.7 Å². The lowest BCUT2D eigenvalue weighted by Gasteiger charge is -2.40. The number of hydrogen-bond acceptors (Lipinski definition) is 7. The van der Waals surface area contributed by atoms with Gasteiger partial charge in [0.1, 0.15) is 23.7 Å². The number of benzene rings is 1. The van der Waals surface area contributed by atoms with E-state index in [1.165, 1.54) is 4.90 Å². The Hall–Kier alpha value is -3.50. The van der Waals surface area contributed by atoms with Crippen molar-refractivity contribution in [1.29, 1.82) is 0 Å². The summed E-state index contributed by atoms with van der Waals surface area (Å²) in [5, 5.41) is 13.3. The Kier molecular flexibility index (Phi) is 8.84. The second-order valence-electron chi connectivity index (χ2n) is 11.8.